The lowest BCUT2D eigenvalue weighted by molar-refractivity contribution is 0.355. The number of methoxy groups -OCH3 is 3. The molecule has 0 atom stereocenters. The second-order valence-electron chi connectivity index (χ2n) is 6.91. The minimum absolute atomic E-state index is 0.584. The molecule has 6 nitrogen and oxygen atoms in total. The molecule has 0 aliphatic carbocycles. The zero-order valence-corrected chi connectivity index (χ0v) is 18.2. The molecule has 154 valence electrons. The van der Waals surface area contributed by atoms with Gasteiger partial charge in [-0.1, -0.05) is 11.6 Å². The van der Waals surface area contributed by atoms with Crippen LogP contribution in [0.4, 0.5) is 0 Å². The highest BCUT2D eigenvalue weighted by Crippen LogP contribution is 2.36. The van der Waals surface area contributed by atoms with Crippen LogP contribution in [0.1, 0.15) is 11.3 Å². The number of imidazole rings is 1. The van der Waals surface area contributed by atoms with Crippen LogP contribution in [0.5, 0.6) is 17.2 Å². The number of halogens is 1. The Morgan fingerprint density at radius 3 is 2.27 bits per heavy atom. The van der Waals surface area contributed by atoms with Gasteiger partial charge in [-0.15, -0.1) is 0 Å². The topological polar surface area (TPSA) is 57.9 Å². The maximum Gasteiger partial charge on any atom is 0.161 e. The summed E-state index contributed by atoms with van der Waals surface area (Å²) in [5, 5.41) is 5.44. The van der Waals surface area contributed by atoms with Crippen LogP contribution in [-0.4, -0.2) is 35.9 Å². The number of ether oxygens (including phenoxy) is 3. The molecule has 0 bridgehead atoms. The molecule has 4 aromatic rings. The van der Waals surface area contributed by atoms with Crippen LogP contribution >= 0.6 is 11.6 Å². The zero-order chi connectivity index (χ0) is 21.4. The summed E-state index contributed by atoms with van der Waals surface area (Å²) in [5.74, 6) is 2.06. The van der Waals surface area contributed by atoms with Crippen molar-refractivity contribution >= 4 is 17.2 Å². The predicted molar refractivity (Wildman–Crippen MR) is 118 cm³/mol. The summed E-state index contributed by atoms with van der Waals surface area (Å²) in [6, 6.07) is 13.4. The first-order chi connectivity index (χ1) is 14.5. The van der Waals surface area contributed by atoms with Gasteiger partial charge in [-0.2, -0.15) is 5.10 Å². The second-order valence-corrected chi connectivity index (χ2v) is 7.31. The van der Waals surface area contributed by atoms with Crippen LogP contribution in [0.25, 0.3) is 28.2 Å². The molecule has 2 heterocycles. The van der Waals surface area contributed by atoms with E-state index in [1.54, 1.807) is 21.3 Å². The molecule has 0 radical (unpaired) electrons. The number of rotatable bonds is 5. The molecule has 7 heteroatoms. The third kappa shape index (κ3) is 3.33. The maximum atomic E-state index is 6.59. The summed E-state index contributed by atoms with van der Waals surface area (Å²) in [7, 11) is 4.86. The smallest absolute Gasteiger partial charge is 0.161 e. The highest BCUT2D eigenvalue weighted by atomic mass is 35.5. The zero-order valence-electron chi connectivity index (χ0n) is 17.5. The van der Waals surface area contributed by atoms with E-state index >= 15 is 0 Å². The van der Waals surface area contributed by atoms with E-state index in [0.29, 0.717) is 16.5 Å². The van der Waals surface area contributed by atoms with E-state index in [-0.39, 0.29) is 0 Å². The van der Waals surface area contributed by atoms with Crippen molar-refractivity contribution in [3.05, 3.63) is 58.7 Å². The molecule has 2 aromatic heterocycles. The number of aromatic nitrogens is 3. The lowest BCUT2D eigenvalue weighted by Crippen LogP contribution is -1.99. The Kier molecular flexibility index (Phi) is 5.26. The lowest BCUT2D eigenvalue weighted by atomic mass is 10.1. The van der Waals surface area contributed by atoms with Crippen LogP contribution in [0.2, 0.25) is 5.02 Å². The standard InChI is InChI=1S/C23H22ClN3O3/c1-13-10-16(17(24)12-20(13)29-4)23-14(2)25-22-9-7-18(26-27(22)23)15-6-8-19(28-3)21(11-15)30-5/h6-12H,1-5H3. The summed E-state index contributed by atoms with van der Waals surface area (Å²) < 4.78 is 18.0. The normalized spacial score (nSPS) is 11.0. The van der Waals surface area contributed by atoms with E-state index in [9.17, 15) is 0 Å². The average molecular weight is 424 g/mol. The van der Waals surface area contributed by atoms with E-state index in [1.807, 2.05) is 60.8 Å². The second kappa shape index (κ2) is 7.88. The van der Waals surface area contributed by atoms with Crippen molar-refractivity contribution in [3.63, 3.8) is 0 Å². The van der Waals surface area contributed by atoms with Crippen molar-refractivity contribution in [2.75, 3.05) is 21.3 Å². The number of fused-ring (bicyclic) bond motifs is 1. The lowest BCUT2D eigenvalue weighted by Gasteiger charge is -2.12. The third-order valence-corrected chi connectivity index (χ3v) is 5.38. The van der Waals surface area contributed by atoms with Gasteiger partial charge in [0.1, 0.15) is 5.75 Å². The van der Waals surface area contributed by atoms with E-state index in [2.05, 4.69) is 4.98 Å². The molecule has 0 spiro atoms. The molecule has 0 N–H and O–H groups in total. The van der Waals surface area contributed by atoms with Crippen LogP contribution in [0.3, 0.4) is 0 Å². The Balaban J connectivity index is 1.90. The number of hydrogen-bond acceptors (Lipinski definition) is 5. The highest BCUT2D eigenvalue weighted by Gasteiger charge is 2.18. The Morgan fingerprint density at radius 2 is 1.57 bits per heavy atom. The summed E-state index contributed by atoms with van der Waals surface area (Å²) in [4.78, 5) is 4.66. The fourth-order valence-corrected chi connectivity index (χ4v) is 3.81. The number of aryl methyl sites for hydroxylation is 2. The Labute approximate surface area is 180 Å². The SMILES string of the molecule is COc1cc(Cl)c(-c2c(C)nc3ccc(-c4ccc(OC)c(OC)c4)nn23)cc1C. The van der Waals surface area contributed by atoms with Crippen molar-refractivity contribution < 1.29 is 14.2 Å². The molecular formula is C23H22ClN3O3. The largest absolute Gasteiger partial charge is 0.496 e. The van der Waals surface area contributed by atoms with Crippen molar-refractivity contribution in [3.8, 4) is 39.8 Å². The van der Waals surface area contributed by atoms with E-state index in [0.717, 1.165) is 45.2 Å². The molecule has 0 amide bonds. The molecule has 0 saturated carbocycles. The average Bonchev–Trinajstić information content (AvgIpc) is 3.09. The van der Waals surface area contributed by atoms with E-state index < -0.39 is 0 Å². The Bertz CT molecular complexity index is 1250. The van der Waals surface area contributed by atoms with Gasteiger partial charge in [-0.3, -0.25) is 0 Å². The van der Waals surface area contributed by atoms with Gasteiger partial charge in [0.2, 0.25) is 0 Å². The first-order valence-corrected chi connectivity index (χ1v) is 9.78. The van der Waals surface area contributed by atoms with E-state index in [1.165, 1.54) is 0 Å². The number of nitrogens with zero attached hydrogens (tertiary/aromatic N) is 3. The van der Waals surface area contributed by atoms with Crippen molar-refractivity contribution in [1.82, 2.24) is 14.6 Å². The summed E-state index contributed by atoms with van der Waals surface area (Å²) >= 11 is 6.59. The molecule has 0 aliphatic rings. The Morgan fingerprint density at radius 1 is 0.833 bits per heavy atom. The van der Waals surface area contributed by atoms with Crippen LogP contribution in [-0.2, 0) is 0 Å². The van der Waals surface area contributed by atoms with Gasteiger partial charge in [0.15, 0.2) is 17.1 Å². The molecule has 30 heavy (non-hydrogen) atoms. The molecule has 0 saturated heterocycles. The Hall–Kier alpha value is -3.25. The van der Waals surface area contributed by atoms with Crippen molar-refractivity contribution in [2.24, 2.45) is 0 Å². The minimum atomic E-state index is 0.584. The third-order valence-electron chi connectivity index (χ3n) is 5.07. The number of hydrogen-bond donors (Lipinski definition) is 0. The van der Waals surface area contributed by atoms with Gasteiger partial charge in [0.05, 0.1) is 43.4 Å². The molecule has 0 aliphatic heterocycles. The predicted octanol–water partition coefficient (Wildman–Crippen LogP) is 5.36. The molecule has 2 aromatic carbocycles. The van der Waals surface area contributed by atoms with Crippen LogP contribution < -0.4 is 14.2 Å². The van der Waals surface area contributed by atoms with Gasteiger partial charge in [0, 0.05) is 11.1 Å². The molecule has 4 rings (SSSR count). The molecule has 0 unspecified atom stereocenters. The van der Waals surface area contributed by atoms with Gasteiger partial charge >= 0.3 is 0 Å². The monoisotopic (exact) mass is 423 g/mol. The van der Waals surface area contributed by atoms with E-state index in [4.69, 9.17) is 30.9 Å². The van der Waals surface area contributed by atoms with Crippen LogP contribution in [0.15, 0.2) is 42.5 Å². The van der Waals surface area contributed by atoms with Crippen molar-refractivity contribution in [2.45, 2.75) is 13.8 Å². The molecular weight excluding hydrogens is 402 g/mol. The molecule has 0 fully saturated rings. The first kappa shape index (κ1) is 20.0. The highest BCUT2D eigenvalue weighted by molar-refractivity contribution is 6.33. The first-order valence-electron chi connectivity index (χ1n) is 9.40. The number of benzene rings is 2. The quantitative estimate of drug-likeness (QED) is 0.432. The fourth-order valence-electron chi connectivity index (χ4n) is 3.57. The van der Waals surface area contributed by atoms with Gasteiger partial charge in [-0.05, 0) is 61.9 Å². The van der Waals surface area contributed by atoms with Gasteiger partial charge < -0.3 is 14.2 Å². The summed E-state index contributed by atoms with van der Waals surface area (Å²) in [6.07, 6.45) is 0. The minimum Gasteiger partial charge on any atom is -0.496 e. The van der Waals surface area contributed by atoms with Crippen LogP contribution in [0, 0.1) is 13.8 Å². The van der Waals surface area contributed by atoms with Crippen molar-refractivity contribution in [1.29, 1.82) is 0 Å². The van der Waals surface area contributed by atoms with Gasteiger partial charge in [-0.25, -0.2) is 9.50 Å². The summed E-state index contributed by atoms with van der Waals surface area (Å²) in [6.45, 7) is 3.94. The maximum absolute atomic E-state index is 6.59. The summed E-state index contributed by atoms with van der Waals surface area (Å²) in [5.41, 5.74) is 5.98. The fraction of sp³-hybridized carbons (Fsp3) is 0.217. The van der Waals surface area contributed by atoms with Gasteiger partial charge in [0.25, 0.3) is 0 Å².